The molecule has 0 spiro atoms. The number of aliphatic carboxylic acids is 1. The average Bonchev–Trinajstić information content (AvgIpc) is 3.72. The van der Waals surface area contributed by atoms with Gasteiger partial charge in [0.2, 0.25) is 0 Å². The minimum atomic E-state index is -3.65. The molecule has 6 rings (SSSR count). The van der Waals surface area contributed by atoms with E-state index in [9.17, 15) is 41.1 Å². The van der Waals surface area contributed by atoms with Gasteiger partial charge in [0.1, 0.15) is 41.0 Å². The molecule has 6 aliphatic rings. The van der Waals surface area contributed by atoms with Crippen molar-refractivity contribution in [2.75, 3.05) is 13.2 Å². The lowest BCUT2D eigenvalue weighted by Gasteiger charge is -2.21. The molecule has 6 heterocycles. The lowest BCUT2D eigenvalue weighted by atomic mass is 9.94. The highest BCUT2D eigenvalue weighted by molar-refractivity contribution is 7.88. The van der Waals surface area contributed by atoms with Crippen LogP contribution in [-0.2, 0) is 71.5 Å². The molecule has 6 fully saturated rings. The van der Waals surface area contributed by atoms with E-state index in [0.29, 0.717) is 6.42 Å². The second-order valence-corrected chi connectivity index (χ2v) is 14.1. The molecule has 10 unspecified atom stereocenters. The van der Waals surface area contributed by atoms with Crippen molar-refractivity contribution in [2.45, 2.75) is 86.0 Å². The van der Waals surface area contributed by atoms with Gasteiger partial charge in [-0.2, -0.15) is 16.8 Å². The maximum absolute atomic E-state index is 11.7. The van der Waals surface area contributed by atoms with Gasteiger partial charge in [0.05, 0.1) is 12.2 Å². The molecule has 6 saturated heterocycles. The zero-order valence-electron chi connectivity index (χ0n) is 22.9. The van der Waals surface area contributed by atoms with E-state index < -0.39 is 111 Å². The van der Waals surface area contributed by atoms with Crippen molar-refractivity contribution in [2.24, 2.45) is 0 Å². The fourth-order valence-electron chi connectivity index (χ4n) is 5.29. The summed E-state index contributed by atoms with van der Waals surface area (Å²) in [6.07, 6.45) is -4.21. The van der Waals surface area contributed by atoms with E-state index in [1.54, 1.807) is 0 Å². The number of carbonyl (C=O) groups is 4. The summed E-state index contributed by atoms with van der Waals surface area (Å²) in [6.45, 7) is 8.38. The Hall–Kier alpha value is -2.94. The fraction of sp³-hybridized carbons (Fsp3) is 0.667. The number of rotatable bonds is 7. The van der Waals surface area contributed by atoms with Gasteiger partial charge in [-0.25, -0.2) is 19.2 Å². The third-order valence-electron chi connectivity index (χ3n) is 7.23. The van der Waals surface area contributed by atoms with Gasteiger partial charge in [-0.3, -0.25) is 8.37 Å². The Bertz CT molecular complexity index is 1420. The standard InChI is InChI=1S/C12H14O8S.C6H8O5S.C6H8O4/c1-5(2)12(14)17-4-8(13)19-9-6-3-7-10(18-6)11(9)20-21(7,15)16;7-4-2-1-3-5(10-2)6(4)11-12(3,8)9;1-4(2)6(9)10-3-5(7)8/h6-7,9-11H,1,3-4H2,2H3;2-7H,1H2;1,3H2,2H3,(H,7,8). The molecule has 0 radical (unpaired) electrons. The molecular formula is C24H30O17S2. The van der Waals surface area contributed by atoms with Gasteiger partial charge < -0.3 is 33.9 Å². The van der Waals surface area contributed by atoms with Crippen molar-refractivity contribution in [3.05, 3.63) is 24.3 Å². The van der Waals surface area contributed by atoms with Crippen LogP contribution in [0.25, 0.3) is 0 Å². The number of hydrogen-bond acceptors (Lipinski definition) is 16. The lowest BCUT2D eigenvalue weighted by Crippen LogP contribution is -2.42. The number of esters is 3. The Morgan fingerprint density at radius 1 is 0.767 bits per heavy atom. The molecule has 43 heavy (non-hydrogen) atoms. The van der Waals surface area contributed by atoms with Crippen LogP contribution in [0, 0.1) is 0 Å². The molecule has 17 nitrogen and oxygen atoms in total. The molecule has 19 heteroatoms. The topological polar surface area (TPSA) is 242 Å². The zero-order chi connectivity index (χ0) is 32.0. The second kappa shape index (κ2) is 12.2. The summed E-state index contributed by atoms with van der Waals surface area (Å²) in [5.41, 5.74) is 0.361. The van der Waals surface area contributed by atoms with E-state index in [4.69, 9.17) is 27.7 Å². The van der Waals surface area contributed by atoms with E-state index in [-0.39, 0.29) is 23.7 Å². The Balaban J connectivity index is 0.000000163. The minimum absolute atomic E-state index is 0.166. The van der Waals surface area contributed by atoms with Crippen LogP contribution in [0.15, 0.2) is 24.3 Å². The summed E-state index contributed by atoms with van der Waals surface area (Å²) in [5, 5.41) is 16.3. The quantitative estimate of drug-likeness (QED) is 0.132. The molecule has 0 aromatic carbocycles. The number of carboxylic acid groups (broad SMARTS) is 1. The highest BCUT2D eigenvalue weighted by Crippen LogP contribution is 2.48. The summed E-state index contributed by atoms with van der Waals surface area (Å²) in [5.74, 6) is -3.33. The first-order valence-corrected chi connectivity index (χ1v) is 15.8. The van der Waals surface area contributed by atoms with Crippen molar-refractivity contribution < 1.29 is 78.3 Å². The van der Waals surface area contributed by atoms with Crippen LogP contribution in [0.4, 0.5) is 0 Å². The first-order chi connectivity index (χ1) is 19.9. The number of hydrogen-bond donors (Lipinski definition) is 2. The Morgan fingerprint density at radius 2 is 1.23 bits per heavy atom. The molecular weight excluding hydrogens is 624 g/mol. The SMILES string of the molecule is C=C(C)C(=O)OCC(=O)O.C=C(C)C(=O)OCC(=O)OC1C2CC3C(O2)C1OS3(=O)=O.O=S1(=O)OC2C(O)C3CC1C2O3. The number of fused-ring (bicyclic) bond motifs is 2. The maximum Gasteiger partial charge on any atom is 0.344 e. The summed E-state index contributed by atoms with van der Waals surface area (Å²) in [7, 11) is -7.10. The molecule has 240 valence electrons. The highest BCUT2D eigenvalue weighted by Gasteiger charge is 2.67. The Morgan fingerprint density at radius 3 is 1.72 bits per heavy atom. The van der Waals surface area contributed by atoms with Crippen LogP contribution in [0.5, 0.6) is 0 Å². The zero-order valence-corrected chi connectivity index (χ0v) is 24.5. The molecule has 0 saturated carbocycles. The third-order valence-corrected chi connectivity index (χ3v) is 10.6. The van der Waals surface area contributed by atoms with Gasteiger partial charge in [-0.1, -0.05) is 13.2 Å². The summed E-state index contributed by atoms with van der Waals surface area (Å²) in [4.78, 5) is 43.1. The molecule has 6 aliphatic heterocycles. The number of aliphatic hydroxyl groups is 1. The predicted molar refractivity (Wildman–Crippen MR) is 137 cm³/mol. The normalized spacial score (nSPS) is 37.3. The predicted octanol–water partition coefficient (Wildman–Crippen LogP) is -1.91. The molecule has 10 atom stereocenters. The van der Waals surface area contributed by atoms with Crippen molar-refractivity contribution in [3.63, 3.8) is 0 Å². The molecule has 0 aromatic rings. The van der Waals surface area contributed by atoms with Crippen LogP contribution >= 0.6 is 0 Å². The monoisotopic (exact) mass is 654 g/mol. The van der Waals surface area contributed by atoms with Crippen LogP contribution in [0.3, 0.4) is 0 Å². The van der Waals surface area contributed by atoms with Crippen molar-refractivity contribution in [3.8, 4) is 0 Å². The minimum Gasteiger partial charge on any atom is -0.479 e. The molecule has 2 N–H and O–H groups in total. The molecule has 4 bridgehead atoms. The number of carboxylic acids is 1. The smallest absolute Gasteiger partial charge is 0.344 e. The van der Waals surface area contributed by atoms with Gasteiger partial charge in [-0.15, -0.1) is 0 Å². The highest BCUT2D eigenvalue weighted by atomic mass is 32.2. The van der Waals surface area contributed by atoms with E-state index >= 15 is 0 Å². The third kappa shape index (κ3) is 6.76. The van der Waals surface area contributed by atoms with Crippen LogP contribution < -0.4 is 0 Å². The van der Waals surface area contributed by atoms with Gasteiger partial charge in [0, 0.05) is 11.1 Å². The number of ether oxygens (including phenoxy) is 5. The van der Waals surface area contributed by atoms with E-state index in [1.807, 2.05) is 0 Å². The number of aliphatic hydroxyl groups excluding tert-OH is 1. The van der Waals surface area contributed by atoms with Gasteiger partial charge in [0.25, 0.3) is 20.2 Å². The second-order valence-electron chi connectivity index (χ2n) is 10.5. The van der Waals surface area contributed by atoms with E-state index in [2.05, 4.69) is 22.6 Å². The Kier molecular flexibility index (Phi) is 9.36. The molecule has 0 aromatic heterocycles. The van der Waals surface area contributed by atoms with Crippen molar-refractivity contribution in [1.82, 2.24) is 0 Å². The summed E-state index contributed by atoms with van der Waals surface area (Å²) >= 11 is 0. The molecule has 0 amide bonds. The lowest BCUT2D eigenvalue weighted by molar-refractivity contribution is -0.164. The number of carbonyl (C=O) groups excluding carboxylic acids is 3. The van der Waals surface area contributed by atoms with E-state index in [1.165, 1.54) is 13.8 Å². The first-order valence-electron chi connectivity index (χ1n) is 12.8. The Labute approximate surface area is 245 Å². The van der Waals surface area contributed by atoms with Crippen molar-refractivity contribution >= 4 is 44.1 Å². The summed E-state index contributed by atoms with van der Waals surface area (Å²) in [6, 6.07) is 0. The van der Waals surface area contributed by atoms with Gasteiger partial charge in [-0.05, 0) is 26.7 Å². The van der Waals surface area contributed by atoms with Crippen molar-refractivity contribution in [1.29, 1.82) is 0 Å². The maximum atomic E-state index is 11.7. The first kappa shape index (κ1) is 33.0. The largest absolute Gasteiger partial charge is 0.479 e. The molecule has 0 aliphatic carbocycles. The van der Waals surface area contributed by atoms with Crippen LogP contribution in [-0.4, -0.2) is 123 Å². The summed E-state index contributed by atoms with van der Waals surface area (Å²) < 4.78 is 80.2. The average molecular weight is 655 g/mol. The van der Waals surface area contributed by atoms with Crippen LogP contribution in [0.2, 0.25) is 0 Å². The van der Waals surface area contributed by atoms with Gasteiger partial charge >= 0.3 is 23.9 Å². The fourth-order valence-corrected chi connectivity index (χ4v) is 8.59. The van der Waals surface area contributed by atoms with Crippen LogP contribution in [0.1, 0.15) is 26.7 Å². The van der Waals surface area contributed by atoms with Gasteiger partial charge in [0.15, 0.2) is 19.3 Å². The van der Waals surface area contributed by atoms with E-state index in [0.717, 1.165) is 0 Å².